The fourth-order valence-corrected chi connectivity index (χ4v) is 1.23. The molecular formula is C8H9N2O2. The van der Waals surface area contributed by atoms with Crippen molar-refractivity contribution >= 4 is 12.0 Å². The van der Waals surface area contributed by atoms with Gasteiger partial charge in [0.15, 0.2) is 5.78 Å². The quantitative estimate of drug-likeness (QED) is 0.578. The van der Waals surface area contributed by atoms with E-state index in [1.165, 1.54) is 0 Å². The van der Waals surface area contributed by atoms with E-state index in [1.807, 2.05) is 0 Å². The number of ether oxygens (including phenoxy) is 1. The van der Waals surface area contributed by atoms with Crippen LogP contribution in [0.4, 0.5) is 0 Å². The topological polar surface area (TPSA) is 50.7 Å². The third kappa shape index (κ3) is 1.31. The van der Waals surface area contributed by atoms with Crippen LogP contribution in [-0.4, -0.2) is 31.4 Å². The molecule has 0 amide bonds. The highest BCUT2D eigenvalue weighted by atomic mass is 16.5. The smallest absolute Gasteiger partial charge is 0.170 e. The molecule has 12 heavy (non-hydrogen) atoms. The predicted octanol–water partition coefficient (Wildman–Crippen LogP) is -0.337. The molecule has 2 heterocycles. The van der Waals surface area contributed by atoms with Gasteiger partial charge in [0.2, 0.25) is 0 Å². The van der Waals surface area contributed by atoms with E-state index < -0.39 is 0 Å². The van der Waals surface area contributed by atoms with Gasteiger partial charge in [-0.3, -0.25) is 15.1 Å². The Balaban J connectivity index is 2.14. The first kappa shape index (κ1) is 7.64. The summed E-state index contributed by atoms with van der Waals surface area (Å²) < 4.78 is 5.26. The molecule has 1 fully saturated rings. The zero-order chi connectivity index (χ0) is 8.39. The average Bonchev–Trinajstić information content (AvgIpc) is 2.57. The minimum atomic E-state index is -0.282. The Labute approximate surface area is 70.3 Å². The van der Waals surface area contributed by atoms with Crippen molar-refractivity contribution < 1.29 is 9.53 Å². The van der Waals surface area contributed by atoms with Gasteiger partial charge in [-0.1, -0.05) is 0 Å². The van der Waals surface area contributed by atoms with Crippen LogP contribution in [0.1, 0.15) is 6.42 Å². The summed E-state index contributed by atoms with van der Waals surface area (Å²) in [6, 6.07) is 0. The second-order valence-corrected chi connectivity index (χ2v) is 2.67. The molecule has 0 bridgehead atoms. The number of hydrogen-bond donors (Lipinski definition) is 1. The van der Waals surface area contributed by atoms with Gasteiger partial charge < -0.3 is 4.74 Å². The van der Waals surface area contributed by atoms with Crippen molar-refractivity contribution in [2.24, 2.45) is 4.99 Å². The lowest BCUT2D eigenvalue weighted by molar-refractivity contribution is -0.115. The van der Waals surface area contributed by atoms with Crippen LogP contribution in [0.15, 0.2) is 10.6 Å². The van der Waals surface area contributed by atoms with Crippen molar-refractivity contribution in [2.75, 3.05) is 13.2 Å². The second kappa shape index (κ2) is 3.16. The lowest BCUT2D eigenvalue weighted by Crippen LogP contribution is -2.30. The molecule has 0 aliphatic carbocycles. The lowest BCUT2D eigenvalue weighted by atomic mass is 10.1. The Morgan fingerprint density at radius 3 is 3.33 bits per heavy atom. The highest BCUT2D eigenvalue weighted by Gasteiger charge is 2.25. The van der Waals surface area contributed by atoms with Gasteiger partial charge >= 0.3 is 0 Å². The Kier molecular flexibility index (Phi) is 2.01. The van der Waals surface area contributed by atoms with E-state index in [4.69, 9.17) is 4.74 Å². The lowest BCUT2D eigenvalue weighted by Gasteiger charge is -2.12. The van der Waals surface area contributed by atoms with Crippen LogP contribution in [0.3, 0.4) is 0 Å². The van der Waals surface area contributed by atoms with Crippen LogP contribution >= 0.6 is 0 Å². The molecule has 1 unspecified atom stereocenters. The predicted molar refractivity (Wildman–Crippen MR) is 42.6 cm³/mol. The van der Waals surface area contributed by atoms with E-state index in [2.05, 4.69) is 16.5 Å². The molecular weight excluding hydrogens is 156 g/mol. The number of ketones is 1. The molecule has 0 aromatic carbocycles. The summed E-state index contributed by atoms with van der Waals surface area (Å²) in [7, 11) is 0. The zero-order valence-corrected chi connectivity index (χ0v) is 6.54. The van der Waals surface area contributed by atoms with E-state index in [1.54, 1.807) is 6.21 Å². The number of carbonyl (C=O) groups excluding carboxylic acids is 1. The molecule has 0 aromatic heterocycles. The molecule has 1 atom stereocenters. The first-order valence-corrected chi connectivity index (χ1v) is 3.90. The van der Waals surface area contributed by atoms with Gasteiger partial charge in [0.25, 0.3) is 0 Å². The van der Waals surface area contributed by atoms with Crippen molar-refractivity contribution in [3.05, 3.63) is 11.8 Å². The molecule has 2 aliphatic heterocycles. The number of nitrogens with zero attached hydrogens (tertiary/aromatic N) is 1. The largest absolute Gasteiger partial charge is 0.358 e. The summed E-state index contributed by atoms with van der Waals surface area (Å²) in [5, 5.41) is 3.04. The van der Waals surface area contributed by atoms with Crippen LogP contribution in [-0.2, 0) is 9.53 Å². The maximum atomic E-state index is 11.3. The summed E-state index contributed by atoms with van der Waals surface area (Å²) in [5.41, 5.74) is 0.523. The Morgan fingerprint density at radius 1 is 1.75 bits per heavy atom. The van der Waals surface area contributed by atoms with E-state index in [9.17, 15) is 4.79 Å². The summed E-state index contributed by atoms with van der Waals surface area (Å²) in [4.78, 5) is 15.1. The van der Waals surface area contributed by atoms with Crippen molar-refractivity contribution in [2.45, 2.75) is 12.6 Å². The van der Waals surface area contributed by atoms with Gasteiger partial charge in [0.1, 0.15) is 6.23 Å². The minimum absolute atomic E-state index is 0.0457. The van der Waals surface area contributed by atoms with Crippen LogP contribution in [0.25, 0.3) is 0 Å². The van der Waals surface area contributed by atoms with Crippen molar-refractivity contribution in [3.63, 3.8) is 0 Å². The van der Waals surface area contributed by atoms with E-state index in [0.717, 1.165) is 6.54 Å². The SMILES string of the molecule is O=C1CC=N[C]=C1C1NCCO1. The Hall–Kier alpha value is -1.00. The highest BCUT2D eigenvalue weighted by Crippen LogP contribution is 2.12. The fraction of sp³-hybridized carbons (Fsp3) is 0.500. The number of aliphatic imine (C=N–C) groups is 1. The van der Waals surface area contributed by atoms with Crippen LogP contribution in [0, 0.1) is 6.20 Å². The minimum Gasteiger partial charge on any atom is -0.358 e. The molecule has 2 aliphatic rings. The third-order valence-corrected chi connectivity index (χ3v) is 1.83. The first-order chi connectivity index (χ1) is 5.88. The second-order valence-electron chi connectivity index (χ2n) is 2.67. The molecule has 4 heteroatoms. The molecule has 2 rings (SSSR count). The standard InChI is InChI=1S/C8H9N2O2/c11-7-1-2-9-5-6(7)8-10-3-4-12-8/h2,8,10H,1,3-4H2. The van der Waals surface area contributed by atoms with Gasteiger partial charge in [-0.25, -0.2) is 0 Å². The maximum absolute atomic E-state index is 11.3. The molecule has 0 spiro atoms. The molecule has 0 saturated carbocycles. The molecule has 63 valence electrons. The molecule has 1 saturated heterocycles. The number of carbonyl (C=O) groups is 1. The number of nitrogens with one attached hydrogen (secondary N) is 1. The van der Waals surface area contributed by atoms with Crippen LogP contribution in [0.2, 0.25) is 0 Å². The summed E-state index contributed by atoms with van der Waals surface area (Å²) in [6.07, 6.45) is 4.30. The first-order valence-electron chi connectivity index (χ1n) is 3.90. The average molecular weight is 165 g/mol. The van der Waals surface area contributed by atoms with Gasteiger partial charge in [0, 0.05) is 19.2 Å². The monoisotopic (exact) mass is 165 g/mol. The van der Waals surface area contributed by atoms with Crippen molar-refractivity contribution in [3.8, 4) is 0 Å². The molecule has 4 nitrogen and oxygen atoms in total. The molecule has 1 radical (unpaired) electrons. The fourth-order valence-electron chi connectivity index (χ4n) is 1.23. The van der Waals surface area contributed by atoms with Crippen molar-refractivity contribution in [1.29, 1.82) is 0 Å². The van der Waals surface area contributed by atoms with Crippen LogP contribution < -0.4 is 5.32 Å². The molecule has 0 aromatic rings. The van der Waals surface area contributed by atoms with Gasteiger partial charge in [-0.05, 0) is 0 Å². The molecule has 1 N–H and O–H groups in total. The number of hydrogen-bond acceptors (Lipinski definition) is 4. The summed E-state index contributed by atoms with van der Waals surface area (Å²) in [5.74, 6) is 0.0457. The Bertz CT molecular complexity index is 252. The van der Waals surface area contributed by atoms with Gasteiger partial charge in [-0.15, -0.1) is 0 Å². The van der Waals surface area contributed by atoms with E-state index in [0.29, 0.717) is 18.6 Å². The normalized spacial score (nSPS) is 29.2. The zero-order valence-electron chi connectivity index (χ0n) is 6.54. The van der Waals surface area contributed by atoms with E-state index >= 15 is 0 Å². The van der Waals surface area contributed by atoms with Crippen molar-refractivity contribution in [1.82, 2.24) is 5.32 Å². The summed E-state index contributed by atoms with van der Waals surface area (Å²) in [6.45, 7) is 1.43. The van der Waals surface area contributed by atoms with Crippen LogP contribution in [0.5, 0.6) is 0 Å². The highest BCUT2D eigenvalue weighted by molar-refractivity contribution is 6.04. The Morgan fingerprint density at radius 2 is 2.67 bits per heavy atom. The third-order valence-electron chi connectivity index (χ3n) is 1.83. The van der Waals surface area contributed by atoms with E-state index in [-0.39, 0.29) is 12.0 Å². The maximum Gasteiger partial charge on any atom is 0.170 e. The number of rotatable bonds is 1. The number of Topliss-reactive ketones (excluding diaryl/α,β-unsaturated/α-hetero) is 1. The summed E-state index contributed by atoms with van der Waals surface area (Å²) >= 11 is 0. The van der Waals surface area contributed by atoms with Gasteiger partial charge in [-0.2, -0.15) is 0 Å². The van der Waals surface area contributed by atoms with Gasteiger partial charge in [0.05, 0.1) is 18.4 Å².